The molecule has 0 aliphatic rings. The van der Waals surface area contributed by atoms with Gasteiger partial charge in [-0.05, 0) is 23.8 Å². The highest BCUT2D eigenvalue weighted by molar-refractivity contribution is 7.80. The largest absolute Gasteiger partial charge is 0.481 e. The van der Waals surface area contributed by atoms with E-state index in [-0.39, 0.29) is 11.5 Å². The van der Waals surface area contributed by atoms with Crippen molar-refractivity contribution in [3.8, 4) is 5.88 Å². The highest BCUT2D eigenvalue weighted by atomic mass is 32.1. The number of nitrogens with zero attached hydrogens (tertiary/aromatic N) is 1. The molecule has 0 aliphatic heterocycles. The second-order valence-corrected chi connectivity index (χ2v) is 7.02. The van der Waals surface area contributed by atoms with Crippen molar-refractivity contribution >= 4 is 40.9 Å². The van der Waals surface area contributed by atoms with Crippen LogP contribution < -0.4 is 20.7 Å². The lowest BCUT2D eigenvalue weighted by molar-refractivity contribution is -0.145. The van der Waals surface area contributed by atoms with E-state index < -0.39 is 36.4 Å². The highest BCUT2D eigenvalue weighted by Gasteiger charge is 2.28. The minimum absolute atomic E-state index is 0.0102. The van der Waals surface area contributed by atoms with Gasteiger partial charge in [0.25, 0.3) is 0 Å². The van der Waals surface area contributed by atoms with E-state index in [2.05, 4.69) is 20.9 Å². The molecule has 1 aromatic carbocycles. The van der Waals surface area contributed by atoms with E-state index in [1.54, 1.807) is 36.4 Å². The molecular weight excluding hydrogens is 436 g/mol. The highest BCUT2D eigenvalue weighted by Crippen LogP contribution is 2.11. The number of ether oxygens (including phenoxy) is 2. The number of esters is 1. The third-order valence-electron chi connectivity index (χ3n) is 4.29. The molecule has 0 fully saturated rings. The first-order valence-corrected chi connectivity index (χ1v) is 9.94. The van der Waals surface area contributed by atoms with Crippen molar-refractivity contribution in [2.24, 2.45) is 0 Å². The first kappa shape index (κ1) is 24.5. The first-order chi connectivity index (χ1) is 15.3. The Kier molecular flexibility index (Phi) is 9.36. The van der Waals surface area contributed by atoms with Crippen LogP contribution in [-0.4, -0.2) is 59.4 Å². The molecule has 2 atom stereocenters. The lowest BCUT2D eigenvalue weighted by atomic mass is 10.1. The monoisotopic (exact) mass is 460 g/mol. The summed E-state index contributed by atoms with van der Waals surface area (Å²) in [4.78, 5) is 40.3. The fourth-order valence-corrected chi connectivity index (χ4v) is 3.00. The van der Waals surface area contributed by atoms with E-state index in [1.807, 2.05) is 6.07 Å². The summed E-state index contributed by atoms with van der Waals surface area (Å²) in [6.07, 6.45) is 1.08. The maximum Gasteiger partial charge on any atom is 0.328 e. The van der Waals surface area contributed by atoms with E-state index in [0.717, 1.165) is 5.56 Å². The van der Waals surface area contributed by atoms with Crippen molar-refractivity contribution in [1.29, 1.82) is 0 Å². The van der Waals surface area contributed by atoms with E-state index in [1.165, 1.54) is 20.4 Å². The van der Waals surface area contributed by atoms with Crippen LogP contribution in [0.15, 0.2) is 48.7 Å². The van der Waals surface area contributed by atoms with Crippen LogP contribution in [0.5, 0.6) is 5.88 Å². The average molecular weight is 461 g/mol. The zero-order valence-corrected chi connectivity index (χ0v) is 18.3. The molecule has 1 aromatic heterocycles. The number of benzene rings is 1. The Bertz CT molecular complexity index is 939. The smallest absolute Gasteiger partial charge is 0.328 e. The van der Waals surface area contributed by atoms with Gasteiger partial charge in [0.1, 0.15) is 12.1 Å². The number of carboxylic acid groups (broad SMARTS) is 1. The third-order valence-corrected chi connectivity index (χ3v) is 4.51. The summed E-state index contributed by atoms with van der Waals surface area (Å²) in [5, 5.41) is 17.3. The molecule has 4 N–H and O–H groups in total. The van der Waals surface area contributed by atoms with Gasteiger partial charge in [-0.2, -0.15) is 0 Å². The summed E-state index contributed by atoms with van der Waals surface area (Å²) >= 11 is 5.19. The van der Waals surface area contributed by atoms with Gasteiger partial charge in [-0.15, -0.1) is 0 Å². The Morgan fingerprint density at radius 1 is 1.06 bits per heavy atom. The van der Waals surface area contributed by atoms with Gasteiger partial charge >= 0.3 is 11.9 Å². The van der Waals surface area contributed by atoms with E-state index in [9.17, 15) is 19.5 Å². The Morgan fingerprint density at radius 3 is 2.34 bits per heavy atom. The molecule has 0 bridgehead atoms. The quantitative estimate of drug-likeness (QED) is 0.301. The molecular formula is C21H24N4O6S. The molecule has 0 radical (unpaired) electrons. The average Bonchev–Trinajstić information content (AvgIpc) is 2.78. The molecule has 170 valence electrons. The van der Waals surface area contributed by atoms with Gasteiger partial charge in [0.2, 0.25) is 11.8 Å². The predicted octanol–water partition coefficient (Wildman–Crippen LogP) is 1.12. The van der Waals surface area contributed by atoms with Gasteiger partial charge in [0.15, 0.2) is 5.11 Å². The topological polar surface area (TPSA) is 139 Å². The number of hydrogen-bond acceptors (Lipinski definition) is 7. The maximum atomic E-state index is 12.8. The van der Waals surface area contributed by atoms with Crippen molar-refractivity contribution in [2.75, 3.05) is 19.5 Å². The molecule has 2 rings (SSSR count). The lowest BCUT2D eigenvalue weighted by Gasteiger charge is -2.22. The molecule has 0 saturated carbocycles. The van der Waals surface area contributed by atoms with Crippen molar-refractivity contribution in [3.63, 3.8) is 0 Å². The molecule has 32 heavy (non-hydrogen) atoms. The Labute approximate surface area is 190 Å². The van der Waals surface area contributed by atoms with Crippen LogP contribution in [0.1, 0.15) is 12.0 Å². The summed E-state index contributed by atoms with van der Waals surface area (Å²) in [6, 6.07) is 10.1. The summed E-state index contributed by atoms with van der Waals surface area (Å²) in [7, 11) is 2.69. The first-order valence-electron chi connectivity index (χ1n) is 9.54. The van der Waals surface area contributed by atoms with Crippen LogP contribution in [0.3, 0.4) is 0 Å². The molecule has 11 heteroatoms. The van der Waals surface area contributed by atoms with Crippen molar-refractivity contribution in [2.45, 2.75) is 24.9 Å². The zero-order valence-electron chi connectivity index (χ0n) is 17.5. The fraction of sp³-hybridized carbons (Fsp3) is 0.286. The van der Waals surface area contributed by atoms with Gasteiger partial charge in [0, 0.05) is 12.5 Å². The van der Waals surface area contributed by atoms with Crippen molar-refractivity contribution in [1.82, 2.24) is 15.6 Å². The van der Waals surface area contributed by atoms with Gasteiger partial charge in [-0.1, -0.05) is 30.3 Å². The van der Waals surface area contributed by atoms with Gasteiger partial charge in [0.05, 0.1) is 32.5 Å². The predicted molar refractivity (Wildman–Crippen MR) is 120 cm³/mol. The molecule has 0 unspecified atom stereocenters. The van der Waals surface area contributed by atoms with Crippen LogP contribution in [-0.2, 0) is 25.5 Å². The number of pyridine rings is 1. The van der Waals surface area contributed by atoms with E-state index >= 15 is 0 Å². The normalized spacial score (nSPS) is 12.1. The molecule has 0 spiro atoms. The standard InChI is InChI=1S/C21H24N4O6S/c1-30-17-9-8-14(12-22-17)23-21(32)25-15(11-18(26)27)19(28)24-16(20(29)31-2)10-13-6-4-3-5-7-13/h3-9,12,15-16H,10-11H2,1-2H3,(H,24,28)(H,26,27)(H2,23,25,32)/t15-,16-/m0/s1. The molecule has 0 aliphatic carbocycles. The second kappa shape index (κ2) is 12.2. The van der Waals surface area contributed by atoms with Crippen LogP contribution in [0.2, 0.25) is 0 Å². The summed E-state index contributed by atoms with van der Waals surface area (Å²) < 4.78 is 9.76. The molecule has 10 nitrogen and oxygen atoms in total. The minimum atomic E-state index is -1.23. The number of methoxy groups -OCH3 is 2. The number of carbonyl (C=O) groups excluding carboxylic acids is 2. The molecule has 0 saturated heterocycles. The number of aliphatic carboxylic acids is 1. The van der Waals surface area contributed by atoms with Crippen LogP contribution in [0.4, 0.5) is 5.69 Å². The molecule has 2 aromatic rings. The Morgan fingerprint density at radius 2 is 1.78 bits per heavy atom. The number of thiocarbonyl (C=S) groups is 1. The third kappa shape index (κ3) is 7.84. The second-order valence-electron chi connectivity index (χ2n) is 6.61. The van der Waals surface area contributed by atoms with Crippen LogP contribution in [0, 0.1) is 0 Å². The number of amides is 1. The number of nitrogens with one attached hydrogen (secondary N) is 3. The summed E-state index contributed by atoms with van der Waals surface area (Å²) in [6.45, 7) is 0. The number of carbonyl (C=O) groups is 3. The Hall–Kier alpha value is -3.73. The number of hydrogen-bond donors (Lipinski definition) is 4. The van der Waals surface area contributed by atoms with Gasteiger partial charge < -0.3 is 30.5 Å². The fourth-order valence-electron chi connectivity index (χ4n) is 2.74. The molecule has 1 amide bonds. The number of rotatable bonds is 10. The van der Waals surface area contributed by atoms with Gasteiger partial charge in [-0.3, -0.25) is 9.59 Å². The maximum absolute atomic E-state index is 12.8. The number of aromatic nitrogens is 1. The SMILES string of the molecule is COC(=O)[C@H](Cc1ccccc1)NC(=O)[C@H](CC(=O)O)NC(=S)Nc1ccc(OC)nc1. The van der Waals surface area contributed by atoms with Crippen LogP contribution >= 0.6 is 12.2 Å². The van der Waals surface area contributed by atoms with Crippen LogP contribution in [0.25, 0.3) is 0 Å². The van der Waals surface area contributed by atoms with Crippen molar-refractivity contribution in [3.05, 3.63) is 54.2 Å². The molecule has 1 heterocycles. The zero-order chi connectivity index (χ0) is 23.5. The summed E-state index contributed by atoms with van der Waals surface area (Å²) in [5.41, 5.74) is 1.31. The number of anilines is 1. The van der Waals surface area contributed by atoms with Crippen molar-refractivity contribution < 1.29 is 29.0 Å². The number of carboxylic acids is 1. The summed E-state index contributed by atoms with van der Waals surface area (Å²) in [5.74, 6) is -2.17. The lowest BCUT2D eigenvalue weighted by Crippen LogP contribution is -2.53. The van der Waals surface area contributed by atoms with Gasteiger partial charge in [-0.25, -0.2) is 9.78 Å². The van der Waals surface area contributed by atoms with E-state index in [0.29, 0.717) is 11.6 Å². The Balaban J connectivity index is 2.07. The van der Waals surface area contributed by atoms with E-state index in [4.69, 9.17) is 21.7 Å². The minimum Gasteiger partial charge on any atom is -0.481 e.